The highest BCUT2D eigenvalue weighted by atomic mass is 16.3. The van der Waals surface area contributed by atoms with Crippen LogP contribution < -0.4 is 0 Å². The van der Waals surface area contributed by atoms with Crippen LogP contribution in [-0.2, 0) is 9.59 Å². The molecular weight excluding hydrogens is 304 g/mol. The van der Waals surface area contributed by atoms with E-state index in [1.807, 2.05) is 0 Å². The molecule has 0 atom stereocenters. The van der Waals surface area contributed by atoms with Crippen LogP contribution in [0.4, 0.5) is 0 Å². The second-order valence-corrected chi connectivity index (χ2v) is 4.99. The van der Waals surface area contributed by atoms with Crippen molar-refractivity contribution >= 4 is 29.5 Å². The Bertz CT molecular complexity index is 784. The third-order valence-electron chi connectivity index (χ3n) is 3.38. The number of aromatic hydroxyl groups is 3. The smallest absolute Gasteiger partial charge is 0.267 e. The van der Waals surface area contributed by atoms with Crippen LogP contribution in [-0.4, -0.2) is 37.8 Å². The van der Waals surface area contributed by atoms with Gasteiger partial charge in [0.15, 0.2) is 23.0 Å². The fourth-order valence-corrected chi connectivity index (χ4v) is 2.21. The number of carbonyl (C=O) groups is 3. The Morgan fingerprint density at radius 2 is 1.70 bits per heavy atom. The van der Waals surface area contributed by atoms with Gasteiger partial charge in [0.25, 0.3) is 5.78 Å². The van der Waals surface area contributed by atoms with E-state index in [9.17, 15) is 34.8 Å². The van der Waals surface area contributed by atoms with Crippen molar-refractivity contribution in [2.75, 3.05) is 0 Å². The minimum atomic E-state index is -1.24. The molecule has 1 aromatic carbocycles. The zero-order valence-electron chi connectivity index (χ0n) is 12.2. The van der Waals surface area contributed by atoms with Gasteiger partial charge in [-0.2, -0.15) is 0 Å². The van der Waals surface area contributed by atoms with Gasteiger partial charge < -0.3 is 20.4 Å². The van der Waals surface area contributed by atoms with Gasteiger partial charge in [0.1, 0.15) is 5.75 Å². The van der Waals surface area contributed by atoms with Crippen molar-refractivity contribution in [1.82, 2.24) is 0 Å². The Hall–Kier alpha value is -3.09. The van der Waals surface area contributed by atoms with Crippen molar-refractivity contribution in [3.63, 3.8) is 0 Å². The summed E-state index contributed by atoms with van der Waals surface area (Å²) >= 11 is 0. The number of hydrogen-bond donors (Lipinski definition) is 4. The molecule has 1 aliphatic rings. The highest BCUT2D eigenvalue weighted by molar-refractivity contribution is 6.51. The minimum absolute atomic E-state index is 0.253. The lowest BCUT2D eigenvalue weighted by atomic mass is 9.89. The molecule has 7 heteroatoms. The third kappa shape index (κ3) is 2.68. The summed E-state index contributed by atoms with van der Waals surface area (Å²) in [4.78, 5) is 34.9. The number of Topliss-reactive ketones (excluding diaryl/α,β-unsaturated/α-hetero) is 2. The summed E-state index contributed by atoms with van der Waals surface area (Å²) < 4.78 is 0. The molecule has 0 aliphatic heterocycles. The zero-order valence-corrected chi connectivity index (χ0v) is 12.2. The number of phenolic OH excluding ortho intramolecular Hbond substituents is 3. The van der Waals surface area contributed by atoms with Crippen molar-refractivity contribution in [2.24, 2.45) is 0 Å². The number of ketones is 3. The second-order valence-electron chi connectivity index (χ2n) is 4.99. The Morgan fingerprint density at radius 3 is 2.30 bits per heavy atom. The molecule has 4 N–H and O–H groups in total. The van der Waals surface area contributed by atoms with Gasteiger partial charge >= 0.3 is 0 Å². The number of rotatable bonds is 4. The van der Waals surface area contributed by atoms with Crippen LogP contribution in [0.5, 0.6) is 17.2 Å². The molecule has 0 saturated carbocycles. The molecule has 120 valence electrons. The first-order valence-corrected chi connectivity index (χ1v) is 6.81. The van der Waals surface area contributed by atoms with Gasteiger partial charge in [-0.1, -0.05) is 6.92 Å². The van der Waals surface area contributed by atoms with Gasteiger partial charge in [-0.3, -0.25) is 14.4 Å². The van der Waals surface area contributed by atoms with E-state index >= 15 is 0 Å². The first-order valence-electron chi connectivity index (χ1n) is 6.81. The van der Waals surface area contributed by atoms with Gasteiger partial charge in [-0.05, 0) is 24.6 Å². The fraction of sp³-hybridized carbons (Fsp3) is 0.188. The van der Waals surface area contributed by atoms with Gasteiger partial charge in [-0.15, -0.1) is 0 Å². The minimum Gasteiger partial charge on any atom is -0.506 e. The fourth-order valence-electron chi connectivity index (χ4n) is 2.21. The Balaban J connectivity index is 2.65. The molecule has 2 rings (SSSR count). The molecule has 7 nitrogen and oxygen atoms in total. The van der Waals surface area contributed by atoms with Crippen molar-refractivity contribution in [3.8, 4) is 17.2 Å². The summed E-state index contributed by atoms with van der Waals surface area (Å²) in [6, 6.07) is 0. The molecule has 1 aliphatic carbocycles. The normalized spacial score (nSPS) is 14.0. The number of aliphatic hydroxyl groups is 1. The first kappa shape index (κ1) is 16.3. The van der Waals surface area contributed by atoms with Crippen molar-refractivity contribution in [2.45, 2.75) is 19.8 Å². The van der Waals surface area contributed by atoms with Crippen molar-refractivity contribution in [3.05, 3.63) is 28.5 Å². The summed E-state index contributed by atoms with van der Waals surface area (Å²) in [5, 5.41) is 39.4. The monoisotopic (exact) mass is 318 g/mol. The Labute approximate surface area is 130 Å². The van der Waals surface area contributed by atoms with Gasteiger partial charge in [0.2, 0.25) is 5.78 Å². The molecular formula is C16H14O7. The number of hydrogen-bond acceptors (Lipinski definition) is 7. The second kappa shape index (κ2) is 5.96. The molecule has 0 amide bonds. The van der Waals surface area contributed by atoms with Crippen molar-refractivity contribution in [1.29, 1.82) is 0 Å². The molecule has 0 radical (unpaired) electrons. The van der Waals surface area contributed by atoms with Crippen LogP contribution in [0.1, 0.15) is 41.3 Å². The lowest BCUT2D eigenvalue weighted by molar-refractivity contribution is -0.115. The standard InChI is InChI=1S/C16H14O7/c1-2-3-7(17)4-5-8-12(19)11-9(14(21)13(8)20)6-10(18)15(22)16(11)23/h4-6,18-21H,2-3H2,1H3/b5-4+. The topological polar surface area (TPSA) is 132 Å². The molecule has 0 bridgehead atoms. The number of allylic oxidation sites excluding steroid dienone is 2. The van der Waals surface area contributed by atoms with Gasteiger partial charge in [0.05, 0.1) is 11.1 Å². The van der Waals surface area contributed by atoms with E-state index in [1.165, 1.54) is 0 Å². The molecule has 0 aromatic heterocycles. The maximum atomic E-state index is 11.9. The highest BCUT2D eigenvalue weighted by Crippen LogP contribution is 2.45. The number of phenols is 3. The highest BCUT2D eigenvalue weighted by Gasteiger charge is 2.34. The number of aliphatic hydroxyl groups excluding tert-OH is 1. The van der Waals surface area contributed by atoms with E-state index in [0.29, 0.717) is 6.42 Å². The molecule has 0 heterocycles. The van der Waals surface area contributed by atoms with E-state index in [0.717, 1.165) is 18.2 Å². The van der Waals surface area contributed by atoms with E-state index in [-0.39, 0.29) is 23.3 Å². The van der Waals surface area contributed by atoms with Crippen LogP contribution in [0.2, 0.25) is 0 Å². The summed E-state index contributed by atoms with van der Waals surface area (Å²) in [7, 11) is 0. The van der Waals surface area contributed by atoms with E-state index < -0.39 is 40.1 Å². The van der Waals surface area contributed by atoms with Gasteiger partial charge in [0, 0.05) is 12.0 Å². The lowest BCUT2D eigenvalue weighted by Crippen LogP contribution is -2.21. The summed E-state index contributed by atoms with van der Waals surface area (Å²) in [6.45, 7) is 1.80. The van der Waals surface area contributed by atoms with E-state index in [1.54, 1.807) is 6.92 Å². The van der Waals surface area contributed by atoms with Crippen LogP contribution in [0, 0.1) is 0 Å². The molecule has 0 saturated heterocycles. The molecule has 0 fully saturated rings. The van der Waals surface area contributed by atoms with Crippen LogP contribution in [0.25, 0.3) is 12.2 Å². The quantitative estimate of drug-likeness (QED) is 0.288. The first-order chi connectivity index (χ1) is 10.8. The zero-order chi connectivity index (χ0) is 17.3. The van der Waals surface area contributed by atoms with E-state index in [2.05, 4.69) is 0 Å². The molecule has 0 spiro atoms. The maximum absolute atomic E-state index is 11.9. The summed E-state index contributed by atoms with van der Waals surface area (Å²) in [5.74, 6) is -5.95. The van der Waals surface area contributed by atoms with Crippen LogP contribution in [0.15, 0.2) is 11.8 Å². The van der Waals surface area contributed by atoms with Crippen molar-refractivity contribution < 1.29 is 34.8 Å². The number of carbonyl (C=O) groups excluding carboxylic acids is 3. The largest absolute Gasteiger partial charge is 0.506 e. The third-order valence-corrected chi connectivity index (χ3v) is 3.38. The Morgan fingerprint density at radius 1 is 1.04 bits per heavy atom. The average molecular weight is 318 g/mol. The van der Waals surface area contributed by atoms with Crippen LogP contribution in [0.3, 0.4) is 0 Å². The summed E-state index contributed by atoms with van der Waals surface area (Å²) in [6.07, 6.45) is 3.78. The van der Waals surface area contributed by atoms with Gasteiger partial charge in [-0.25, -0.2) is 0 Å². The molecule has 23 heavy (non-hydrogen) atoms. The van der Waals surface area contributed by atoms with Crippen LogP contribution >= 0.6 is 0 Å². The molecule has 1 aromatic rings. The summed E-state index contributed by atoms with van der Waals surface area (Å²) in [5.41, 5.74) is -1.26. The SMILES string of the molecule is CCCC(=O)/C=C/c1c(O)c(O)c2c(c1O)C(=O)C(=O)C(O)=C2. The number of benzene rings is 1. The van der Waals surface area contributed by atoms with E-state index in [4.69, 9.17) is 0 Å². The predicted octanol–water partition coefficient (Wildman–Crippen LogP) is 1.85. The maximum Gasteiger partial charge on any atom is 0.267 e. The molecule has 0 unspecified atom stereocenters. The lowest BCUT2D eigenvalue weighted by Gasteiger charge is -2.17. The Kier molecular flexibility index (Phi) is 4.22. The number of fused-ring (bicyclic) bond motifs is 1. The average Bonchev–Trinajstić information content (AvgIpc) is 2.50. The predicted molar refractivity (Wildman–Crippen MR) is 80.3 cm³/mol.